The summed E-state index contributed by atoms with van der Waals surface area (Å²) in [5, 5.41) is 12.3. The van der Waals surface area contributed by atoms with Crippen molar-refractivity contribution in [3.63, 3.8) is 0 Å². The second-order valence-electron chi connectivity index (χ2n) is 4.85. The number of hydrogen-bond acceptors (Lipinski definition) is 7. The molecule has 0 amide bonds. The molecule has 0 unspecified atom stereocenters. The Bertz CT molecular complexity index is 843. The van der Waals surface area contributed by atoms with Crippen LogP contribution in [-0.2, 0) is 0 Å². The maximum Gasteiger partial charge on any atom is 0.174 e. The number of nitrogen functional groups attached to an aromatic ring is 3. The number of anilines is 3. The highest BCUT2D eigenvalue weighted by Gasteiger charge is 1.99. The molecule has 114 valence electrons. The van der Waals surface area contributed by atoms with Crippen LogP contribution in [0.5, 0.6) is 0 Å². The van der Waals surface area contributed by atoms with Crippen LogP contribution in [0, 0.1) is 0 Å². The Hall–Kier alpha value is -3.48. The van der Waals surface area contributed by atoms with Crippen LogP contribution in [0.15, 0.2) is 54.6 Å². The molecule has 4 rings (SSSR count). The highest BCUT2D eigenvalue weighted by Crippen LogP contribution is 2.18. The zero-order chi connectivity index (χ0) is 16.2. The predicted molar refractivity (Wildman–Crippen MR) is 92.3 cm³/mol. The van der Waals surface area contributed by atoms with Crippen molar-refractivity contribution in [2.45, 2.75) is 0 Å². The highest BCUT2D eigenvalue weighted by molar-refractivity contribution is 5.92. The van der Waals surface area contributed by atoms with E-state index >= 15 is 0 Å². The van der Waals surface area contributed by atoms with E-state index in [0.717, 1.165) is 11.0 Å². The summed E-state index contributed by atoms with van der Waals surface area (Å²) in [6, 6.07) is 18.6. The third kappa shape index (κ3) is 3.08. The Morgan fingerprint density at radius 2 is 1.13 bits per heavy atom. The van der Waals surface area contributed by atoms with E-state index in [0.29, 0.717) is 0 Å². The number of pyridine rings is 1. The molecular weight excluding hydrogens is 290 g/mol. The van der Waals surface area contributed by atoms with Gasteiger partial charge in [0.1, 0.15) is 5.69 Å². The summed E-state index contributed by atoms with van der Waals surface area (Å²) in [5.41, 5.74) is 18.0. The monoisotopic (exact) mass is 305 g/mol. The number of hydrogen-bond donors (Lipinski definition) is 3. The second-order valence-corrected chi connectivity index (χ2v) is 4.85. The number of fused-ring (bicyclic) bond motifs is 2. The van der Waals surface area contributed by atoms with Gasteiger partial charge < -0.3 is 17.2 Å². The van der Waals surface area contributed by atoms with Crippen LogP contribution >= 0.6 is 0 Å². The molecule has 6 N–H and O–H groups in total. The van der Waals surface area contributed by atoms with Crippen LogP contribution in [0.4, 0.5) is 17.3 Å². The van der Waals surface area contributed by atoms with Gasteiger partial charge >= 0.3 is 0 Å². The van der Waals surface area contributed by atoms with E-state index in [4.69, 9.17) is 17.2 Å². The van der Waals surface area contributed by atoms with E-state index in [1.165, 1.54) is 10.8 Å². The van der Waals surface area contributed by atoms with Crippen molar-refractivity contribution in [1.82, 2.24) is 20.4 Å². The maximum absolute atomic E-state index is 5.27. The van der Waals surface area contributed by atoms with Crippen LogP contribution < -0.4 is 17.2 Å². The molecule has 2 aromatic heterocycles. The van der Waals surface area contributed by atoms with Gasteiger partial charge in [0, 0.05) is 10.8 Å². The van der Waals surface area contributed by atoms with Gasteiger partial charge in [-0.25, -0.2) is 4.98 Å². The Labute approximate surface area is 132 Å². The van der Waals surface area contributed by atoms with Crippen molar-refractivity contribution in [2.24, 2.45) is 0 Å². The van der Waals surface area contributed by atoms with Gasteiger partial charge in [-0.15, -0.1) is 10.2 Å². The maximum atomic E-state index is 5.27. The second kappa shape index (κ2) is 6.10. The fourth-order valence-corrected chi connectivity index (χ4v) is 2.08. The molecule has 23 heavy (non-hydrogen) atoms. The molecular formula is C16H15N7. The average Bonchev–Trinajstić information content (AvgIpc) is 2.58. The third-order valence-electron chi connectivity index (χ3n) is 3.28. The number of nitrogens with zero attached hydrogens (tertiary/aromatic N) is 4. The lowest BCUT2D eigenvalue weighted by atomic mass is 10.1. The van der Waals surface area contributed by atoms with Crippen molar-refractivity contribution in [1.29, 1.82) is 0 Å². The minimum atomic E-state index is 0.113. The minimum absolute atomic E-state index is 0.113. The summed E-state index contributed by atoms with van der Waals surface area (Å²) >= 11 is 0. The summed E-state index contributed by atoms with van der Waals surface area (Å²) in [5.74, 6) is 0.227. The van der Waals surface area contributed by atoms with Crippen molar-refractivity contribution in [3.8, 4) is 0 Å². The van der Waals surface area contributed by atoms with Gasteiger partial charge in [-0.2, -0.15) is 0 Å². The first kappa shape index (κ1) is 14.5. The zero-order valence-electron chi connectivity index (χ0n) is 12.2. The van der Waals surface area contributed by atoms with E-state index in [1.807, 2.05) is 36.4 Å². The van der Waals surface area contributed by atoms with Gasteiger partial charge in [0.2, 0.25) is 0 Å². The van der Waals surface area contributed by atoms with Crippen LogP contribution in [0.2, 0.25) is 0 Å². The van der Waals surface area contributed by atoms with Crippen LogP contribution in [0.3, 0.4) is 0 Å². The van der Waals surface area contributed by atoms with E-state index < -0.39 is 0 Å². The van der Waals surface area contributed by atoms with Gasteiger partial charge in [-0.3, -0.25) is 0 Å². The number of rotatable bonds is 0. The number of benzene rings is 2. The van der Waals surface area contributed by atoms with Gasteiger partial charge in [-0.1, -0.05) is 36.4 Å². The van der Waals surface area contributed by atoms with Crippen LogP contribution in [-0.4, -0.2) is 20.4 Å². The third-order valence-corrected chi connectivity index (χ3v) is 3.28. The molecule has 0 aliphatic carbocycles. The first-order chi connectivity index (χ1) is 11.1. The average molecular weight is 305 g/mol. The lowest BCUT2D eigenvalue weighted by molar-refractivity contribution is 0.884. The number of aromatic nitrogens is 4. The molecule has 0 bridgehead atoms. The zero-order valence-corrected chi connectivity index (χ0v) is 12.2. The molecule has 0 saturated carbocycles. The van der Waals surface area contributed by atoms with Crippen molar-refractivity contribution < 1.29 is 0 Å². The molecule has 0 aliphatic heterocycles. The molecule has 2 heterocycles. The van der Waals surface area contributed by atoms with E-state index in [1.54, 1.807) is 0 Å². The quantitative estimate of drug-likeness (QED) is 0.423. The first-order valence-corrected chi connectivity index (χ1v) is 6.89. The number of nitrogens with two attached hydrogens (primary N) is 3. The van der Waals surface area contributed by atoms with Crippen molar-refractivity contribution >= 4 is 39.1 Å². The minimum Gasteiger partial charge on any atom is -0.393 e. The number of para-hydroxylation sites is 2. The molecule has 7 nitrogen and oxygen atoms in total. The largest absolute Gasteiger partial charge is 0.393 e. The molecule has 0 atom stereocenters. The SMILES string of the molecule is Nc1nnnc(N)c1N.c1ccc2nc3ccccc3cc2c1. The summed E-state index contributed by atoms with van der Waals surface area (Å²) in [4.78, 5) is 4.58. The Balaban J connectivity index is 0.000000151. The summed E-state index contributed by atoms with van der Waals surface area (Å²) in [6.07, 6.45) is 0. The molecule has 7 heteroatoms. The smallest absolute Gasteiger partial charge is 0.174 e. The lowest BCUT2D eigenvalue weighted by Gasteiger charge is -1.99. The van der Waals surface area contributed by atoms with E-state index in [2.05, 4.69) is 38.6 Å². The molecule has 0 radical (unpaired) electrons. The fraction of sp³-hybridized carbons (Fsp3) is 0. The predicted octanol–water partition coefficient (Wildman–Crippen LogP) is 2.01. The van der Waals surface area contributed by atoms with Gasteiger partial charge in [-0.05, 0) is 23.4 Å². The molecule has 4 aromatic rings. The van der Waals surface area contributed by atoms with Gasteiger partial charge in [0.15, 0.2) is 11.6 Å². The van der Waals surface area contributed by atoms with E-state index in [9.17, 15) is 0 Å². The van der Waals surface area contributed by atoms with Crippen molar-refractivity contribution in [2.75, 3.05) is 17.2 Å². The van der Waals surface area contributed by atoms with Crippen molar-refractivity contribution in [3.05, 3.63) is 54.6 Å². The summed E-state index contributed by atoms with van der Waals surface area (Å²) < 4.78 is 0. The van der Waals surface area contributed by atoms with Crippen LogP contribution in [0.1, 0.15) is 0 Å². The highest BCUT2D eigenvalue weighted by atomic mass is 15.3. The van der Waals surface area contributed by atoms with Crippen LogP contribution in [0.25, 0.3) is 21.8 Å². The molecule has 0 aliphatic rings. The molecule has 0 saturated heterocycles. The van der Waals surface area contributed by atoms with E-state index in [-0.39, 0.29) is 17.3 Å². The standard InChI is InChI=1S/C13H9N.C3H6N6/c1-3-7-12-10(5-1)9-11-6-2-4-8-13(11)14-12;4-1-2(5)7-9-8-3(1)6/h1-9H;(H2,4,9)(H4,5,6,7,8). The van der Waals surface area contributed by atoms with Gasteiger partial charge in [0.25, 0.3) is 0 Å². The fourth-order valence-electron chi connectivity index (χ4n) is 2.08. The Morgan fingerprint density at radius 1 is 0.652 bits per heavy atom. The molecule has 2 aromatic carbocycles. The Kier molecular flexibility index (Phi) is 3.84. The Morgan fingerprint density at radius 3 is 1.61 bits per heavy atom. The first-order valence-electron chi connectivity index (χ1n) is 6.89. The summed E-state index contributed by atoms with van der Waals surface area (Å²) in [6.45, 7) is 0. The topological polar surface area (TPSA) is 130 Å². The normalized spacial score (nSPS) is 10.3. The van der Waals surface area contributed by atoms with Gasteiger partial charge in [0.05, 0.1) is 11.0 Å². The molecule has 0 spiro atoms. The molecule has 0 fully saturated rings. The summed E-state index contributed by atoms with van der Waals surface area (Å²) in [7, 11) is 0. The lowest BCUT2D eigenvalue weighted by Crippen LogP contribution is -2.06.